The average Bonchev–Trinajstić information content (AvgIpc) is 2.44. The molecule has 1 N–H and O–H groups in total. The number of hydrogen-bond donors (Lipinski definition) is 1. The minimum absolute atomic E-state index is 0.0846. The molecule has 0 atom stereocenters. The third-order valence-corrected chi connectivity index (χ3v) is 4.42. The van der Waals surface area contributed by atoms with Crippen molar-refractivity contribution in [2.45, 2.75) is 25.7 Å². The van der Waals surface area contributed by atoms with Crippen molar-refractivity contribution < 1.29 is 13.2 Å². The lowest BCUT2D eigenvalue weighted by molar-refractivity contribution is 0.308. The van der Waals surface area contributed by atoms with Crippen molar-refractivity contribution in [1.82, 2.24) is 14.6 Å². The van der Waals surface area contributed by atoms with Crippen LogP contribution in [0.15, 0.2) is 23.4 Å². The molecule has 7 heteroatoms. The van der Waals surface area contributed by atoms with Crippen LogP contribution < -0.4 is 9.46 Å². The summed E-state index contributed by atoms with van der Waals surface area (Å²) in [7, 11) is -3.59. The van der Waals surface area contributed by atoms with Gasteiger partial charge in [0.1, 0.15) is 10.6 Å². The number of nitrogens with zero attached hydrogens (tertiary/aromatic N) is 2. The van der Waals surface area contributed by atoms with Crippen molar-refractivity contribution >= 4 is 10.0 Å². The third kappa shape index (κ3) is 4.73. The van der Waals surface area contributed by atoms with Crippen LogP contribution in [0.1, 0.15) is 20.8 Å². The van der Waals surface area contributed by atoms with Crippen molar-refractivity contribution in [1.29, 1.82) is 0 Å². The summed E-state index contributed by atoms with van der Waals surface area (Å²) in [5.41, 5.74) is 0. The van der Waals surface area contributed by atoms with Crippen LogP contribution >= 0.6 is 0 Å². The molecular weight excluding hydrogens is 278 g/mol. The second-order valence-electron chi connectivity index (χ2n) is 4.18. The Bertz CT molecular complexity index is 501. The molecule has 20 heavy (non-hydrogen) atoms. The van der Waals surface area contributed by atoms with Gasteiger partial charge in [0.2, 0.25) is 10.0 Å². The van der Waals surface area contributed by atoms with Gasteiger partial charge < -0.3 is 9.64 Å². The fraction of sp³-hybridized carbons (Fsp3) is 0.615. The largest absolute Gasteiger partial charge is 0.492 e. The zero-order valence-corrected chi connectivity index (χ0v) is 13.1. The summed E-state index contributed by atoms with van der Waals surface area (Å²) in [5, 5.41) is 0. The van der Waals surface area contributed by atoms with E-state index in [-0.39, 0.29) is 4.90 Å². The molecule has 0 spiro atoms. The van der Waals surface area contributed by atoms with Crippen LogP contribution in [0, 0.1) is 0 Å². The van der Waals surface area contributed by atoms with E-state index in [2.05, 4.69) is 14.6 Å². The van der Waals surface area contributed by atoms with Crippen molar-refractivity contribution in [2.75, 3.05) is 32.8 Å². The van der Waals surface area contributed by atoms with Gasteiger partial charge >= 0.3 is 0 Å². The minimum atomic E-state index is -3.59. The normalized spacial score (nSPS) is 11.8. The Morgan fingerprint density at radius 3 is 2.60 bits per heavy atom. The van der Waals surface area contributed by atoms with E-state index in [1.54, 1.807) is 6.07 Å². The highest BCUT2D eigenvalue weighted by Gasteiger charge is 2.19. The maximum absolute atomic E-state index is 12.2. The summed E-state index contributed by atoms with van der Waals surface area (Å²) in [5.74, 6) is 0.331. The number of rotatable bonds is 9. The van der Waals surface area contributed by atoms with Gasteiger partial charge in [-0.1, -0.05) is 13.8 Å². The maximum Gasteiger partial charge on any atom is 0.245 e. The summed E-state index contributed by atoms with van der Waals surface area (Å²) in [6, 6.07) is 1.56. The van der Waals surface area contributed by atoms with E-state index in [9.17, 15) is 8.42 Å². The molecule has 1 rings (SSSR count). The van der Waals surface area contributed by atoms with E-state index in [0.29, 0.717) is 25.4 Å². The highest BCUT2D eigenvalue weighted by Crippen LogP contribution is 2.21. The summed E-state index contributed by atoms with van der Waals surface area (Å²) in [6.07, 6.45) is 2.82. The molecule has 1 aromatic heterocycles. The molecular formula is C13H23N3O3S. The molecule has 0 aromatic carbocycles. The first-order valence-electron chi connectivity index (χ1n) is 6.84. The molecule has 0 fully saturated rings. The van der Waals surface area contributed by atoms with Crippen molar-refractivity contribution in [3.63, 3.8) is 0 Å². The molecule has 114 valence electrons. The fourth-order valence-corrected chi connectivity index (χ4v) is 2.91. The van der Waals surface area contributed by atoms with Crippen LogP contribution in [0.25, 0.3) is 0 Å². The van der Waals surface area contributed by atoms with Crippen molar-refractivity contribution in [2.24, 2.45) is 0 Å². The van der Waals surface area contributed by atoms with E-state index < -0.39 is 10.0 Å². The monoisotopic (exact) mass is 301 g/mol. The van der Waals surface area contributed by atoms with Gasteiger partial charge in [0, 0.05) is 19.3 Å². The summed E-state index contributed by atoms with van der Waals surface area (Å²) >= 11 is 0. The number of sulfonamides is 1. The van der Waals surface area contributed by atoms with Crippen molar-refractivity contribution in [3.8, 4) is 5.75 Å². The van der Waals surface area contributed by atoms with Crippen LogP contribution in [0.5, 0.6) is 5.75 Å². The first-order valence-corrected chi connectivity index (χ1v) is 8.32. The predicted octanol–water partition coefficient (Wildman–Crippen LogP) is 1.10. The van der Waals surface area contributed by atoms with Gasteiger partial charge in [-0.2, -0.15) is 0 Å². The van der Waals surface area contributed by atoms with Gasteiger partial charge in [-0.15, -0.1) is 0 Å². The number of aromatic nitrogens is 1. The third-order valence-electron chi connectivity index (χ3n) is 2.95. The van der Waals surface area contributed by atoms with Crippen LogP contribution in [0.4, 0.5) is 0 Å². The Hall–Kier alpha value is -1.18. The molecule has 0 saturated heterocycles. The van der Waals surface area contributed by atoms with Gasteiger partial charge in [-0.05, 0) is 26.1 Å². The fourth-order valence-electron chi connectivity index (χ4n) is 1.80. The summed E-state index contributed by atoms with van der Waals surface area (Å²) in [6.45, 7) is 9.15. The number of hydrogen-bond acceptors (Lipinski definition) is 5. The SMILES string of the molecule is CCOc1ccncc1S(=O)(=O)NCCN(CC)CC. The molecule has 1 aromatic rings. The number of nitrogens with one attached hydrogen (secondary N) is 1. The van der Waals surface area contributed by atoms with Crippen LogP contribution in [-0.4, -0.2) is 51.1 Å². The van der Waals surface area contributed by atoms with E-state index in [4.69, 9.17) is 4.74 Å². The average molecular weight is 301 g/mol. The molecule has 0 saturated carbocycles. The smallest absolute Gasteiger partial charge is 0.245 e. The lowest BCUT2D eigenvalue weighted by Gasteiger charge is -2.18. The van der Waals surface area contributed by atoms with E-state index in [0.717, 1.165) is 13.1 Å². The van der Waals surface area contributed by atoms with E-state index in [1.165, 1.54) is 12.4 Å². The Kier molecular flexibility index (Phi) is 6.90. The summed E-state index contributed by atoms with van der Waals surface area (Å²) < 4.78 is 32.4. The molecule has 1 heterocycles. The topological polar surface area (TPSA) is 71.5 Å². The van der Waals surface area contributed by atoms with Gasteiger partial charge in [0.15, 0.2) is 0 Å². The number of pyridine rings is 1. The molecule has 0 aliphatic carbocycles. The van der Waals surface area contributed by atoms with Gasteiger partial charge in [0.25, 0.3) is 0 Å². The van der Waals surface area contributed by atoms with E-state index >= 15 is 0 Å². The standard InChI is InChI=1S/C13H23N3O3S/c1-4-16(5-2)10-9-15-20(17,18)13-11-14-8-7-12(13)19-6-3/h7-8,11,15H,4-6,9-10H2,1-3H3. The molecule has 6 nitrogen and oxygen atoms in total. The van der Waals surface area contributed by atoms with Crippen LogP contribution in [0.3, 0.4) is 0 Å². The van der Waals surface area contributed by atoms with Crippen LogP contribution in [0.2, 0.25) is 0 Å². The Morgan fingerprint density at radius 2 is 2.00 bits per heavy atom. The molecule has 0 unspecified atom stereocenters. The highest BCUT2D eigenvalue weighted by atomic mass is 32.2. The Labute approximate surface area is 121 Å². The van der Waals surface area contributed by atoms with Gasteiger partial charge in [-0.3, -0.25) is 4.98 Å². The molecule has 0 amide bonds. The minimum Gasteiger partial charge on any atom is -0.492 e. The molecule has 0 bridgehead atoms. The number of likely N-dealkylation sites (N-methyl/N-ethyl adjacent to an activating group) is 1. The van der Waals surface area contributed by atoms with E-state index in [1.807, 2.05) is 20.8 Å². The summed E-state index contributed by atoms with van der Waals surface area (Å²) in [4.78, 5) is 6.09. The predicted molar refractivity (Wildman–Crippen MR) is 78.4 cm³/mol. The number of ether oxygens (including phenoxy) is 1. The Balaban J connectivity index is 2.74. The highest BCUT2D eigenvalue weighted by molar-refractivity contribution is 7.89. The molecule has 0 aliphatic heterocycles. The zero-order chi connectivity index (χ0) is 15.0. The first-order chi connectivity index (χ1) is 9.55. The second kappa shape index (κ2) is 8.18. The molecule has 0 aliphatic rings. The molecule has 0 radical (unpaired) electrons. The van der Waals surface area contributed by atoms with Crippen LogP contribution in [-0.2, 0) is 10.0 Å². The lowest BCUT2D eigenvalue weighted by Crippen LogP contribution is -2.35. The van der Waals surface area contributed by atoms with Gasteiger partial charge in [0.05, 0.1) is 12.8 Å². The van der Waals surface area contributed by atoms with Gasteiger partial charge in [-0.25, -0.2) is 13.1 Å². The second-order valence-corrected chi connectivity index (χ2v) is 5.92. The maximum atomic E-state index is 12.2. The zero-order valence-electron chi connectivity index (χ0n) is 12.3. The van der Waals surface area contributed by atoms with Crippen molar-refractivity contribution in [3.05, 3.63) is 18.5 Å². The first kappa shape index (κ1) is 16.9. The quantitative estimate of drug-likeness (QED) is 0.739. The lowest BCUT2D eigenvalue weighted by atomic mass is 10.4. The Morgan fingerprint density at radius 1 is 1.30 bits per heavy atom.